The van der Waals surface area contributed by atoms with E-state index in [1.165, 1.54) is 32.0 Å². The minimum atomic E-state index is -0.513. The first-order valence-corrected chi connectivity index (χ1v) is 9.00. The number of carbonyl (C=O) groups is 4. The molecule has 0 aliphatic rings. The molecule has 2 aromatic rings. The van der Waals surface area contributed by atoms with Crippen LogP contribution in [0.3, 0.4) is 0 Å². The third-order valence-electron chi connectivity index (χ3n) is 3.99. The Morgan fingerprint density at radius 2 is 1.31 bits per heavy atom. The number of amides is 4. The lowest BCUT2D eigenvalue weighted by Gasteiger charge is -2.13. The molecule has 0 unspecified atom stereocenters. The van der Waals surface area contributed by atoms with E-state index in [0.29, 0.717) is 17.1 Å². The van der Waals surface area contributed by atoms with Crippen molar-refractivity contribution in [1.29, 1.82) is 0 Å². The van der Waals surface area contributed by atoms with Gasteiger partial charge < -0.3 is 21.3 Å². The van der Waals surface area contributed by atoms with E-state index in [0.717, 1.165) is 11.1 Å². The fourth-order valence-corrected chi connectivity index (χ4v) is 2.77. The van der Waals surface area contributed by atoms with Crippen molar-refractivity contribution in [2.45, 2.75) is 27.7 Å². The Kier molecular flexibility index (Phi) is 7.08. The minimum absolute atomic E-state index is 0.194. The van der Waals surface area contributed by atoms with E-state index in [4.69, 9.17) is 0 Å². The number of nitrogens with one attached hydrogen (secondary N) is 4. The lowest BCUT2D eigenvalue weighted by Crippen LogP contribution is -2.33. The van der Waals surface area contributed by atoms with Crippen LogP contribution in [0.5, 0.6) is 0 Å². The van der Waals surface area contributed by atoms with Crippen molar-refractivity contribution < 1.29 is 19.2 Å². The minimum Gasteiger partial charge on any atom is -0.343 e. The van der Waals surface area contributed by atoms with Crippen LogP contribution in [0.1, 0.15) is 35.3 Å². The second-order valence-electron chi connectivity index (χ2n) is 6.66. The van der Waals surface area contributed by atoms with Crippen LogP contribution in [0, 0.1) is 13.8 Å². The van der Waals surface area contributed by atoms with E-state index in [1.54, 1.807) is 0 Å². The number of hydrogen-bond donors (Lipinski definition) is 4. The zero-order valence-electron chi connectivity index (χ0n) is 16.8. The molecule has 0 bridgehead atoms. The topological polar surface area (TPSA) is 116 Å². The predicted octanol–water partition coefficient (Wildman–Crippen LogP) is 2.59. The van der Waals surface area contributed by atoms with Crippen molar-refractivity contribution in [3.8, 4) is 0 Å². The van der Waals surface area contributed by atoms with E-state index in [-0.39, 0.29) is 29.8 Å². The highest BCUT2D eigenvalue weighted by Gasteiger charge is 2.13. The van der Waals surface area contributed by atoms with Crippen LogP contribution in [0.4, 0.5) is 17.1 Å². The van der Waals surface area contributed by atoms with Crippen molar-refractivity contribution in [2.24, 2.45) is 0 Å². The molecule has 2 aromatic carbocycles. The van der Waals surface area contributed by atoms with Crippen LogP contribution in [0.2, 0.25) is 0 Å². The zero-order valence-corrected chi connectivity index (χ0v) is 16.8. The van der Waals surface area contributed by atoms with E-state index < -0.39 is 5.91 Å². The number of aryl methyl sites for hydroxylation is 2. The maximum atomic E-state index is 12.5. The summed E-state index contributed by atoms with van der Waals surface area (Å²) in [6, 6.07) is 10.1. The van der Waals surface area contributed by atoms with Gasteiger partial charge >= 0.3 is 0 Å². The van der Waals surface area contributed by atoms with Gasteiger partial charge in [-0.25, -0.2) is 0 Å². The van der Waals surface area contributed by atoms with E-state index in [1.807, 2.05) is 32.0 Å². The summed E-state index contributed by atoms with van der Waals surface area (Å²) in [6.07, 6.45) is 0. The van der Waals surface area contributed by atoms with Crippen molar-refractivity contribution in [3.05, 3.63) is 53.1 Å². The quantitative estimate of drug-likeness (QED) is 0.600. The maximum Gasteiger partial charge on any atom is 0.251 e. The summed E-state index contributed by atoms with van der Waals surface area (Å²) < 4.78 is 0. The van der Waals surface area contributed by atoms with Crippen LogP contribution < -0.4 is 21.3 Å². The standard InChI is InChI=1S/C21H24N4O4/c1-12-6-5-7-13(2)20(12)25-19(28)11-22-21(29)16-8-17(23-14(3)26)10-18(9-16)24-15(4)27/h5-10H,11H2,1-4H3,(H,22,29)(H,23,26)(H,24,27)(H,25,28). The highest BCUT2D eigenvalue weighted by molar-refractivity contribution is 6.02. The van der Waals surface area contributed by atoms with Crippen molar-refractivity contribution in [3.63, 3.8) is 0 Å². The molecule has 0 radical (unpaired) electrons. The third kappa shape index (κ3) is 6.46. The van der Waals surface area contributed by atoms with E-state index >= 15 is 0 Å². The Morgan fingerprint density at radius 1 is 0.793 bits per heavy atom. The third-order valence-corrected chi connectivity index (χ3v) is 3.99. The summed E-state index contributed by atoms with van der Waals surface area (Å²) in [6.45, 7) is 6.22. The molecule has 4 N–H and O–H groups in total. The fourth-order valence-electron chi connectivity index (χ4n) is 2.77. The zero-order chi connectivity index (χ0) is 21.6. The molecule has 0 atom stereocenters. The summed E-state index contributed by atoms with van der Waals surface area (Å²) >= 11 is 0. The molecule has 0 saturated carbocycles. The van der Waals surface area contributed by atoms with Gasteiger partial charge in [0.15, 0.2) is 0 Å². The molecular formula is C21H24N4O4. The molecule has 0 aliphatic heterocycles. The van der Waals surface area contributed by atoms with Crippen LogP contribution >= 0.6 is 0 Å². The second-order valence-corrected chi connectivity index (χ2v) is 6.66. The van der Waals surface area contributed by atoms with Crippen molar-refractivity contribution in [2.75, 3.05) is 22.5 Å². The number of benzene rings is 2. The van der Waals surface area contributed by atoms with Gasteiger partial charge in [0.1, 0.15) is 0 Å². The first-order valence-electron chi connectivity index (χ1n) is 9.00. The van der Waals surface area contributed by atoms with Gasteiger partial charge in [0.25, 0.3) is 5.91 Å². The molecular weight excluding hydrogens is 372 g/mol. The molecule has 0 fully saturated rings. The molecule has 4 amide bonds. The van der Waals surface area contributed by atoms with Gasteiger partial charge in [-0.3, -0.25) is 19.2 Å². The summed E-state index contributed by atoms with van der Waals surface area (Å²) in [5, 5.41) is 10.5. The van der Waals surface area contributed by atoms with Gasteiger partial charge in [0.2, 0.25) is 17.7 Å². The number of rotatable bonds is 6. The molecule has 0 heterocycles. The van der Waals surface area contributed by atoms with Crippen LogP contribution in [-0.2, 0) is 14.4 Å². The molecule has 8 nitrogen and oxygen atoms in total. The molecule has 2 rings (SSSR count). The SMILES string of the molecule is CC(=O)Nc1cc(NC(C)=O)cc(C(=O)NCC(=O)Nc2c(C)cccc2C)c1. The van der Waals surface area contributed by atoms with E-state index in [2.05, 4.69) is 21.3 Å². The molecule has 8 heteroatoms. The van der Waals surface area contributed by atoms with Crippen LogP contribution in [0.15, 0.2) is 36.4 Å². The molecule has 0 aliphatic carbocycles. The Labute approximate surface area is 169 Å². The van der Waals surface area contributed by atoms with Crippen LogP contribution in [0.25, 0.3) is 0 Å². The van der Waals surface area contributed by atoms with Crippen LogP contribution in [-0.4, -0.2) is 30.2 Å². The number of hydrogen-bond acceptors (Lipinski definition) is 4. The summed E-state index contributed by atoms with van der Waals surface area (Å²) in [5.74, 6) is -1.51. The number of carbonyl (C=O) groups excluding carboxylic acids is 4. The highest BCUT2D eigenvalue weighted by atomic mass is 16.2. The first kappa shape index (κ1) is 21.6. The fraction of sp³-hybridized carbons (Fsp3) is 0.238. The van der Waals surface area contributed by atoms with Gasteiger partial charge in [0.05, 0.1) is 6.54 Å². The number of anilines is 3. The Hall–Kier alpha value is -3.68. The molecule has 0 saturated heterocycles. The number of para-hydroxylation sites is 1. The second kappa shape index (κ2) is 9.50. The average Bonchev–Trinajstić information content (AvgIpc) is 2.61. The monoisotopic (exact) mass is 396 g/mol. The smallest absolute Gasteiger partial charge is 0.251 e. The average molecular weight is 396 g/mol. The predicted molar refractivity (Wildman–Crippen MR) is 112 cm³/mol. The summed E-state index contributed by atoms with van der Waals surface area (Å²) in [7, 11) is 0. The highest BCUT2D eigenvalue weighted by Crippen LogP contribution is 2.20. The molecule has 29 heavy (non-hydrogen) atoms. The Balaban J connectivity index is 2.09. The summed E-state index contributed by atoms with van der Waals surface area (Å²) in [4.78, 5) is 47.4. The molecule has 0 spiro atoms. The Morgan fingerprint density at radius 3 is 1.79 bits per heavy atom. The maximum absolute atomic E-state index is 12.5. The van der Waals surface area contributed by atoms with Gasteiger partial charge in [-0.15, -0.1) is 0 Å². The van der Waals surface area contributed by atoms with Gasteiger partial charge in [-0.2, -0.15) is 0 Å². The largest absolute Gasteiger partial charge is 0.343 e. The Bertz CT molecular complexity index is 915. The van der Waals surface area contributed by atoms with Crippen molar-refractivity contribution >= 4 is 40.7 Å². The molecule has 0 aromatic heterocycles. The van der Waals surface area contributed by atoms with Gasteiger partial charge in [0, 0.05) is 36.5 Å². The van der Waals surface area contributed by atoms with Gasteiger partial charge in [-0.1, -0.05) is 18.2 Å². The lowest BCUT2D eigenvalue weighted by molar-refractivity contribution is -0.115. The summed E-state index contributed by atoms with van der Waals surface area (Å²) in [5.41, 5.74) is 3.47. The van der Waals surface area contributed by atoms with E-state index in [9.17, 15) is 19.2 Å². The first-order chi connectivity index (χ1) is 13.7. The molecule has 152 valence electrons. The van der Waals surface area contributed by atoms with Crippen molar-refractivity contribution in [1.82, 2.24) is 5.32 Å². The lowest BCUT2D eigenvalue weighted by atomic mass is 10.1. The van der Waals surface area contributed by atoms with Gasteiger partial charge in [-0.05, 0) is 43.2 Å². The normalized spacial score (nSPS) is 10.1.